The molecule has 1 spiro atoms. The van der Waals surface area contributed by atoms with Gasteiger partial charge in [0, 0.05) is 74.3 Å². The highest BCUT2D eigenvalue weighted by Crippen LogP contribution is 2.40. The van der Waals surface area contributed by atoms with Gasteiger partial charge in [0.05, 0.1) is 17.9 Å². The van der Waals surface area contributed by atoms with Crippen LogP contribution in [-0.4, -0.2) is 83.2 Å². The number of hydrogen-bond donors (Lipinski definition) is 2. The molecule has 3 N–H and O–H groups in total. The van der Waals surface area contributed by atoms with E-state index in [9.17, 15) is 5.11 Å². The molecule has 4 aliphatic heterocycles. The Morgan fingerprint density at radius 3 is 2.58 bits per heavy atom. The number of aromatic nitrogens is 3. The number of nitrogens with two attached hydrogens (primary N) is 1. The fraction of sp³-hybridized carbons (Fsp3) is 0.452. The van der Waals surface area contributed by atoms with Crippen molar-refractivity contribution in [2.75, 3.05) is 61.5 Å². The number of nitrogens with zero attached hydrogens (tertiary/aromatic N) is 6. The first-order valence-electron chi connectivity index (χ1n) is 14.3. The number of aromatic hydroxyl groups is 1. The number of ether oxygens (including phenoxy) is 1. The van der Waals surface area contributed by atoms with Crippen molar-refractivity contribution in [2.24, 2.45) is 5.41 Å². The molecule has 1 aromatic carbocycles. The van der Waals surface area contributed by atoms with Crippen LogP contribution in [0, 0.1) is 17.3 Å². The van der Waals surface area contributed by atoms with E-state index in [1.165, 1.54) is 18.5 Å². The maximum Gasteiger partial charge on any atom is 0.169 e. The third kappa shape index (κ3) is 4.72. The van der Waals surface area contributed by atoms with E-state index in [-0.39, 0.29) is 5.75 Å². The lowest BCUT2D eigenvalue weighted by atomic mass is 9.73. The van der Waals surface area contributed by atoms with Crippen molar-refractivity contribution >= 4 is 17.2 Å². The molecule has 4 fully saturated rings. The number of phenols is 1. The lowest BCUT2D eigenvalue weighted by Gasteiger charge is -2.51. The Hall–Kier alpha value is -3.87. The fourth-order valence-electron chi connectivity index (χ4n) is 7.01. The van der Waals surface area contributed by atoms with Crippen LogP contribution in [0.3, 0.4) is 0 Å². The van der Waals surface area contributed by atoms with Gasteiger partial charge in [-0.1, -0.05) is 18.1 Å². The van der Waals surface area contributed by atoms with E-state index >= 15 is 0 Å². The van der Waals surface area contributed by atoms with Gasteiger partial charge in [0.25, 0.3) is 0 Å². The van der Waals surface area contributed by atoms with E-state index in [0.717, 1.165) is 70.2 Å². The zero-order valence-corrected chi connectivity index (χ0v) is 22.7. The predicted molar refractivity (Wildman–Crippen MR) is 155 cm³/mol. The summed E-state index contributed by atoms with van der Waals surface area (Å²) in [5.74, 6) is 7.28. The lowest BCUT2D eigenvalue weighted by Crippen LogP contribution is -2.58. The number of piperazine rings is 1. The molecule has 2 atom stereocenters. The van der Waals surface area contributed by atoms with Crippen molar-refractivity contribution in [3.63, 3.8) is 0 Å². The van der Waals surface area contributed by atoms with Gasteiger partial charge >= 0.3 is 0 Å². The Labute approximate surface area is 235 Å². The quantitative estimate of drug-likeness (QED) is 0.486. The number of rotatable bonds is 4. The summed E-state index contributed by atoms with van der Waals surface area (Å²) in [6, 6.07) is 14.1. The number of benzene rings is 1. The first-order valence-corrected chi connectivity index (χ1v) is 14.3. The van der Waals surface area contributed by atoms with Crippen molar-refractivity contribution in [3.8, 4) is 28.8 Å². The molecular weight excluding hydrogens is 502 g/mol. The number of likely N-dealkylation sites (tertiary alicyclic amines) is 1. The summed E-state index contributed by atoms with van der Waals surface area (Å²) in [6.45, 7) is 6.56. The molecule has 9 nitrogen and oxygen atoms in total. The SMILES string of the molecule is Nc1nnc(-c2ccccc2O)cc1N1CC2CCC(C1)N2c1ccnc(C#CCN2CC3(CCOCC3)C2)c1. The molecule has 0 radical (unpaired) electrons. The maximum atomic E-state index is 10.3. The third-order valence-corrected chi connectivity index (χ3v) is 9.04. The van der Waals surface area contributed by atoms with Crippen molar-refractivity contribution in [1.82, 2.24) is 20.1 Å². The summed E-state index contributed by atoms with van der Waals surface area (Å²) in [5.41, 5.74) is 11.0. The molecule has 2 unspecified atom stereocenters. The van der Waals surface area contributed by atoms with Crippen molar-refractivity contribution in [2.45, 2.75) is 37.8 Å². The molecule has 0 amide bonds. The Kier molecular flexibility index (Phi) is 6.45. The van der Waals surface area contributed by atoms with Gasteiger partial charge in [0.1, 0.15) is 11.4 Å². The molecule has 0 saturated carbocycles. The molecule has 4 saturated heterocycles. The van der Waals surface area contributed by atoms with Crippen LogP contribution in [-0.2, 0) is 4.74 Å². The zero-order valence-electron chi connectivity index (χ0n) is 22.7. The van der Waals surface area contributed by atoms with Crippen molar-refractivity contribution < 1.29 is 9.84 Å². The summed E-state index contributed by atoms with van der Waals surface area (Å²) in [7, 11) is 0. The molecule has 2 aromatic heterocycles. The van der Waals surface area contributed by atoms with Crippen LogP contribution in [0.4, 0.5) is 17.2 Å². The Morgan fingerprint density at radius 1 is 1.02 bits per heavy atom. The molecule has 0 aliphatic carbocycles. The highest BCUT2D eigenvalue weighted by Gasteiger charge is 2.43. The van der Waals surface area contributed by atoms with Crippen LogP contribution >= 0.6 is 0 Å². The second-order valence-corrected chi connectivity index (χ2v) is 11.7. The molecule has 3 aromatic rings. The zero-order chi connectivity index (χ0) is 27.1. The summed E-state index contributed by atoms with van der Waals surface area (Å²) < 4.78 is 5.53. The normalized spacial score (nSPS) is 23.5. The monoisotopic (exact) mass is 537 g/mol. The first-order chi connectivity index (χ1) is 19.6. The Morgan fingerprint density at radius 2 is 1.80 bits per heavy atom. The van der Waals surface area contributed by atoms with Gasteiger partial charge in [-0.2, -0.15) is 0 Å². The van der Waals surface area contributed by atoms with Crippen LogP contribution < -0.4 is 15.5 Å². The minimum absolute atomic E-state index is 0.183. The maximum absolute atomic E-state index is 10.3. The number of pyridine rings is 1. The van der Waals surface area contributed by atoms with E-state index in [0.29, 0.717) is 34.6 Å². The van der Waals surface area contributed by atoms with Gasteiger partial charge in [0.15, 0.2) is 5.82 Å². The summed E-state index contributed by atoms with van der Waals surface area (Å²) in [4.78, 5) is 11.9. The van der Waals surface area contributed by atoms with Crippen LogP contribution in [0.2, 0.25) is 0 Å². The second kappa shape index (κ2) is 10.3. The van der Waals surface area contributed by atoms with Crippen LogP contribution in [0.25, 0.3) is 11.3 Å². The number of para-hydroxylation sites is 1. The highest BCUT2D eigenvalue weighted by molar-refractivity contribution is 5.74. The summed E-state index contributed by atoms with van der Waals surface area (Å²) in [5, 5.41) is 18.8. The van der Waals surface area contributed by atoms with E-state index in [4.69, 9.17) is 10.5 Å². The van der Waals surface area contributed by atoms with Crippen LogP contribution in [0.5, 0.6) is 5.75 Å². The largest absolute Gasteiger partial charge is 0.507 e. The van der Waals surface area contributed by atoms with Crippen LogP contribution in [0.15, 0.2) is 48.7 Å². The molecular formula is C31H35N7O2. The van der Waals surface area contributed by atoms with Gasteiger partial charge in [-0.05, 0) is 61.9 Å². The van der Waals surface area contributed by atoms with Crippen LogP contribution in [0.1, 0.15) is 31.4 Å². The molecule has 4 aliphatic rings. The number of nitrogen functional groups attached to an aromatic ring is 1. The summed E-state index contributed by atoms with van der Waals surface area (Å²) >= 11 is 0. The molecule has 2 bridgehead atoms. The topological polar surface area (TPSA) is 104 Å². The Bertz CT molecular complexity index is 1440. The smallest absolute Gasteiger partial charge is 0.169 e. The second-order valence-electron chi connectivity index (χ2n) is 11.7. The number of anilines is 3. The first kappa shape index (κ1) is 25.1. The van der Waals surface area contributed by atoms with Gasteiger partial charge in [-0.25, -0.2) is 4.98 Å². The van der Waals surface area contributed by atoms with E-state index in [1.54, 1.807) is 12.1 Å². The van der Waals surface area contributed by atoms with Gasteiger partial charge in [-0.3, -0.25) is 4.90 Å². The average Bonchev–Trinajstić information content (AvgIpc) is 3.22. The minimum Gasteiger partial charge on any atom is -0.507 e. The Balaban J connectivity index is 1.03. The highest BCUT2D eigenvalue weighted by atomic mass is 16.5. The van der Waals surface area contributed by atoms with E-state index < -0.39 is 0 Å². The molecule has 6 heterocycles. The van der Waals surface area contributed by atoms with Gasteiger partial charge in [-0.15, -0.1) is 10.2 Å². The predicted octanol–water partition coefficient (Wildman–Crippen LogP) is 3.15. The van der Waals surface area contributed by atoms with Crippen molar-refractivity contribution in [3.05, 3.63) is 54.4 Å². The fourth-order valence-corrected chi connectivity index (χ4v) is 7.01. The lowest BCUT2D eigenvalue weighted by molar-refractivity contribution is -0.0750. The van der Waals surface area contributed by atoms with Gasteiger partial charge < -0.3 is 25.4 Å². The summed E-state index contributed by atoms with van der Waals surface area (Å²) in [6.07, 6.45) is 6.49. The van der Waals surface area contributed by atoms with E-state index in [2.05, 4.69) is 53.9 Å². The standard InChI is InChI=1S/C31H35N7O2/c32-30-28(17-27(34-35-30)26-5-1-2-6-29(26)39)37-18-24-7-8-25(19-37)38(24)23-9-12-33-22(16-23)4-3-13-36-20-31(21-36)10-14-40-15-11-31/h1-2,5-6,9,12,16-17,24-25,39H,7-8,10-11,13-15,18-21H2,(H2,32,35). The molecule has 9 heteroatoms. The third-order valence-electron chi connectivity index (χ3n) is 9.04. The molecule has 206 valence electrons. The molecule has 7 rings (SSSR count). The van der Waals surface area contributed by atoms with Gasteiger partial charge in [0.2, 0.25) is 0 Å². The minimum atomic E-state index is 0.183. The van der Waals surface area contributed by atoms with E-state index in [1.807, 2.05) is 24.4 Å². The number of phenolic OH excluding ortho intramolecular Hbond substituents is 1. The number of hydrogen-bond acceptors (Lipinski definition) is 9. The number of fused-ring (bicyclic) bond motifs is 2. The van der Waals surface area contributed by atoms with Crippen molar-refractivity contribution in [1.29, 1.82) is 0 Å². The average molecular weight is 538 g/mol. The molecule has 40 heavy (non-hydrogen) atoms.